The molecule has 0 atom stereocenters. The van der Waals surface area contributed by atoms with Crippen LogP contribution in [0.1, 0.15) is 31.7 Å². The number of carbonyl (C=O) groups excluding carboxylic acids is 1. The van der Waals surface area contributed by atoms with Crippen LogP contribution in [0.15, 0.2) is 36.9 Å². The fraction of sp³-hybridized carbons (Fsp3) is 0.333. The lowest BCUT2D eigenvalue weighted by Gasteiger charge is -2.30. The van der Waals surface area contributed by atoms with E-state index in [1.807, 2.05) is 6.07 Å². The highest BCUT2D eigenvalue weighted by Gasteiger charge is 2.24. The number of halogens is 1. The van der Waals surface area contributed by atoms with Crippen LogP contribution in [0.5, 0.6) is 0 Å². The van der Waals surface area contributed by atoms with Crippen molar-refractivity contribution in [2.24, 2.45) is 0 Å². The summed E-state index contributed by atoms with van der Waals surface area (Å²) in [5.74, 6) is 0.144. The molecular weight excluding hydrogens is 385 g/mol. The second-order valence-corrected chi connectivity index (χ2v) is 7.68. The Kier molecular flexibility index (Phi) is 4.57. The molecule has 154 valence electrons. The number of H-pyrrole nitrogens is 1. The summed E-state index contributed by atoms with van der Waals surface area (Å²) in [6, 6.07) is 3.84. The molecule has 1 aliphatic rings. The first kappa shape index (κ1) is 18.5. The lowest BCUT2D eigenvalue weighted by Crippen LogP contribution is -2.42. The first-order chi connectivity index (χ1) is 14.6. The number of aromatic amines is 1. The van der Waals surface area contributed by atoms with Crippen LogP contribution in [0.3, 0.4) is 0 Å². The summed E-state index contributed by atoms with van der Waals surface area (Å²) >= 11 is 0. The third kappa shape index (κ3) is 3.26. The summed E-state index contributed by atoms with van der Waals surface area (Å²) in [4.78, 5) is 28.0. The molecule has 1 fully saturated rings. The van der Waals surface area contributed by atoms with Gasteiger partial charge in [-0.1, -0.05) is 0 Å². The van der Waals surface area contributed by atoms with Crippen LogP contribution < -0.4 is 10.6 Å². The minimum absolute atomic E-state index is 0.132. The van der Waals surface area contributed by atoms with E-state index < -0.39 is 5.82 Å². The number of urea groups is 1. The summed E-state index contributed by atoms with van der Waals surface area (Å²) in [5.41, 5.74) is 2.19. The number of pyridine rings is 1. The second kappa shape index (κ2) is 7.40. The van der Waals surface area contributed by atoms with Gasteiger partial charge in [0.25, 0.3) is 0 Å². The highest BCUT2D eigenvalue weighted by molar-refractivity contribution is 5.92. The summed E-state index contributed by atoms with van der Waals surface area (Å²) in [5, 5.41) is 7.23. The van der Waals surface area contributed by atoms with Gasteiger partial charge < -0.3 is 20.2 Å². The molecule has 0 spiro atoms. The van der Waals surface area contributed by atoms with Crippen molar-refractivity contribution < 1.29 is 9.18 Å². The predicted molar refractivity (Wildman–Crippen MR) is 111 cm³/mol. The minimum atomic E-state index is -0.394. The van der Waals surface area contributed by atoms with E-state index in [1.165, 1.54) is 12.3 Å². The molecule has 8 nitrogen and oxygen atoms in total. The van der Waals surface area contributed by atoms with Crippen molar-refractivity contribution in [1.82, 2.24) is 35.1 Å². The molecule has 0 bridgehead atoms. The first-order valence-corrected chi connectivity index (χ1v) is 10.1. The van der Waals surface area contributed by atoms with E-state index in [9.17, 15) is 9.18 Å². The third-order valence-corrected chi connectivity index (χ3v) is 5.85. The Morgan fingerprint density at radius 2 is 2.07 bits per heavy atom. The van der Waals surface area contributed by atoms with Gasteiger partial charge in [-0.25, -0.2) is 24.1 Å². The number of amides is 2. The van der Waals surface area contributed by atoms with Crippen LogP contribution in [0.25, 0.3) is 33.5 Å². The van der Waals surface area contributed by atoms with Gasteiger partial charge in [0.2, 0.25) is 0 Å². The van der Waals surface area contributed by atoms with E-state index in [0.29, 0.717) is 22.9 Å². The summed E-state index contributed by atoms with van der Waals surface area (Å²) in [6.45, 7) is 0. The molecule has 2 amide bonds. The quantitative estimate of drug-likeness (QED) is 0.484. The molecule has 4 aromatic rings. The van der Waals surface area contributed by atoms with Gasteiger partial charge in [-0.15, -0.1) is 0 Å². The molecule has 0 saturated heterocycles. The maximum atomic E-state index is 13.7. The molecule has 3 N–H and O–H groups in total. The van der Waals surface area contributed by atoms with E-state index in [4.69, 9.17) is 4.98 Å². The lowest BCUT2D eigenvalue weighted by molar-refractivity contribution is 0.229. The molecule has 0 aliphatic heterocycles. The Morgan fingerprint density at radius 1 is 1.23 bits per heavy atom. The maximum Gasteiger partial charge on any atom is 0.314 e. The Labute approximate surface area is 171 Å². The molecule has 0 radical (unpaired) electrons. The summed E-state index contributed by atoms with van der Waals surface area (Å²) in [7, 11) is 1.63. The highest BCUT2D eigenvalue weighted by Crippen LogP contribution is 2.32. The van der Waals surface area contributed by atoms with Crippen molar-refractivity contribution in [2.75, 3.05) is 7.05 Å². The van der Waals surface area contributed by atoms with Crippen molar-refractivity contribution in [2.45, 2.75) is 37.8 Å². The lowest BCUT2D eigenvalue weighted by atomic mass is 9.91. The third-order valence-electron chi connectivity index (χ3n) is 5.85. The Hall–Kier alpha value is -3.49. The zero-order valence-electron chi connectivity index (χ0n) is 16.5. The molecule has 0 unspecified atom stereocenters. The Balaban J connectivity index is 1.44. The molecule has 4 aromatic heterocycles. The zero-order chi connectivity index (χ0) is 20.7. The van der Waals surface area contributed by atoms with Crippen molar-refractivity contribution in [1.29, 1.82) is 0 Å². The normalized spacial score (nSPS) is 19.3. The number of aromatic nitrogens is 5. The predicted octanol–water partition coefficient (Wildman–Crippen LogP) is 3.53. The molecule has 5 rings (SSSR count). The molecule has 30 heavy (non-hydrogen) atoms. The van der Waals surface area contributed by atoms with Gasteiger partial charge >= 0.3 is 6.03 Å². The average Bonchev–Trinajstić information content (AvgIpc) is 3.37. The van der Waals surface area contributed by atoms with Crippen molar-refractivity contribution in [3.63, 3.8) is 0 Å². The van der Waals surface area contributed by atoms with Crippen LogP contribution >= 0.6 is 0 Å². The number of hydrogen-bond acceptors (Lipinski definition) is 4. The molecule has 4 heterocycles. The van der Waals surface area contributed by atoms with Crippen LogP contribution in [0, 0.1) is 5.82 Å². The van der Waals surface area contributed by atoms with E-state index >= 15 is 0 Å². The topological polar surface area (TPSA) is 101 Å². The summed E-state index contributed by atoms with van der Waals surface area (Å²) in [6.07, 6.45) is 10.6. The van der Waals surface area contributed by atoms with Gasteiger partial charge in [-0.2, -0.15) is 0 Å². The van der Waals surface area contributed by atoms with E-state index in [-0.39, 0.29) is 12.1 Å². The number of nitrogens with one attached hydrogen (secondary N) is 3. The molecule has 0 aromatic carbocycles. The van der Waals surface area contributed by atoms with Gasteiger partial charge in [0.1, 0.15) is 17.1 Å². The smallest absolute Gasteiger partial charge is 0.314 e. The zero-order valence-corrected chi connectivity index (χ0v) is 16.5. The number of hydrogen-bond donors (Lipinski definition) is 3. The van der Waals surface area contributed by atoms with Crippen molar-refractivity contribution >= 4 is 28.1 Å². The molecule has 1 aliphatic carbocycles. The van der Waals surface area contributed by atoms with Gasteiger partial charge in [-0.3, -0.25) is 0 Å². The van der Waals surface area contributed by atoms with Crippen LogP contribution in [-0.4, -0.2) is 43.6 Å². The maximum absolute atomic E-state index is 13.7. The largest absolute Gasteiger partial charge is 0.345 e. The van der Waals surface area contributed by atoms with Crippen LogP contribution in [0.4, 0.5) is 9.18 Å². The van der Waals surface area contributed by atoms with Gasteiger partial charge in [0.15, 0.2) is 5.82 Å². The Bertz CT molecular complexity index is 1220. The number of fused-ring (bicyclic) bond motifs is 2. The fourth-order valence-corrected chi connectivity index (χ4v) is 4.28. The second-order valence-electron chi connectivity index (χ2n) is 7.68. The number of rotatable bonds is 3. The van der Waals surface area contributed by atoms with E-state index in [2.05, 4.69) is 36.3 Å². The standard InChI is InChI=1S/C21H22FN7O/c1-23-21(30)27-14-2-4-15(5-3-14)29-7-6-12-9-24-19(28-20(12)29)17-11-26-18-16(17)8-13(22)10-25-18/h6-11,14-15H,2-5H2,1H3,(H,25,26)(H2,23,27,30)/t14-,15-. The summed E-state index contributed by atoms with van der Waals surface area (Å²) < 4.78 is 15.9. The van der Waals surface area contributed by atoms with Gasteiger partial charge in [-0.05, 0) is 37.8 Å². The monoisotopic (exact) mass is 407 g/mol. The van der Waals surface area contributed by atoms with E-state index in [0.717, 1.165) is 42.3 Å². The average molecular weight is 407 g/mol. The van der Waals surface area contributed by atoms with Crippen molar-refractivity contribution in [3.8, 4) is 11.4 Å². The Morgan fingerprint density at radius 3 is 2.87 bits per heavy atom. The van der Waals surface area contributed by atoms with Crippen molar-refractivity contribution in [3.05, 3.63) is 42.7 Å². The number of carbonyl (C=O) groups is 1. The highest BCUT2D eigenvalue weighted by atomic mass is 19.1. The SMILES string of the molecule is CNC(=O)N[C@H]1CC[C@H](n2ccc3cnc(-c4c[nH]c5ncc(F)cc45)nc32)CC1. The van der Waals surface area contributed by atoms with Gasteiger partial charge in [0, 0.05) is 54.1 Å². The fourth-order valence-electron chi connectivity index (χ4n) is 4.28. The minimum Gasteiger partial charge on any atom is -0.345 e. The molecule has 1 saturated carbocycles. The number of nitrogens with zero attached hydrogens (tertiary/aromatic N) is 4. The molecule has 9 heteroatoms. The van der Waals surface area contributed by atoms with Crippen LogP contribution in [-0.2, 0) is 0 Å². The molecular formula is C21H22FN7O. The van der Waals surface area contributed by atoms with E-state index in [1.54, 1.807) is 19.4 Å². The first-order valence-electron chi connectivity index (χ1n) is 10.1. The van der Waals surface area contributed by atoms with Crippen LogP contribution in [0.2, 0.25) is 0 Å². The van der Waals surface area contributed by atoms with Gasteiger partial charge in [0.05, 0.1) is 6.20 Å².